The molecule has 13 nitrogen and oxygen atoms in total. The number of sulfone groups is 1. The number of hydrogen-bond donors (Lipinski definition) is 6. The molecule has 2 rings (SSSR count). The van der Waals surface area contributed by atoms with Crippen LogP contribution in [0.5, 0.6) is 0 Å². The molecule has 1 aromatic rings. The summed E-state index contributed by atoms with van der Waals surface area (Å²) in [6.45, 7) is 0.0779. The Kier molecular flexibility index (Phi) is 8.41. The van der Waals surface area contributed by atoms with Crippen LogP contribution in [-0.2, 0) is 19.0 Å². The summed E-state index contributed by atoms with van der Waals surface area (Å²) in [5, 5.41) is 3.78. The molecule has 0 atom stereocenters. The van der Waals surface area contributed by atoms with E-state index in [1.165, 1.54) is 18.2 Å². The van der Waals surface area contributed by atoms with Crippen molar-refractivity contribution in [3.05, 3.63) is 29.3 Å². The average molecular weight is 512 g/mol. The average Bonchev–Trinajstić information content (AvgIpc) is 2.68. The molecule has 0 radical (unpaired) electrons. The van der Waals surface area contributed by atoms with Crippen LogP contribution in [0.1, 0.15) is 34.7 Å². The van der Waals surface area contributed by atoms with Crippen LogP contribution in [0, 0.1) is 0 Å². The van der Waals surface area contributed by atoms with E-state index in [9.17, 15) is 41.9 Å². The largest absolute Gasteiger partial charge is 0.342 e. The Hall–Kier alpha value is -1.63. The van der Waals surface area contributed by atoms with Crippen LogP contribution in [0.25, 0.3) is 0 Å². The quantitative estimate of drug-likeness (QED) is 0.0863. The lowest BCUT2D eigenvalue weighted by atomic mass is 9.86. The van der Waals surface area contributed by atoms with Crippen molar-refractivity contribution in [2.24, 2.45) is 10.9 Å². The van der Waals surface area contributed by atoms with E-state index in [2.05, 4.69) is 10.4 Å². The lowest BCUT2D eigenvalue weighted by molar-refractivity contribution is 0.0851. The molecule has 1 fully saturated rings. The Balaban J connectivity index is 2.62. The summed E-state index contributed by atoms with van der Waals surface area (Å²) in [6, 6.07) is 4.05. The molecule has 0 spiro atoms. The summed E-state index contributed by atoms with van der Waals surface area (Å²) in [6.07, 6.45) is 2.74. The van der Waals surface area contributed by atoms with Crippen LogP contribution in [0.2, 0.25) is 0 Å². The van der Waals surface area contributed by atoms with Gasteiger partial charge in [0.25, 0.3) is 5.91 Å². The molecule has 0 saturated carbocycles. The molecule has 32 heavy (non-hydrogen) atoms. The van der Waals surface area contributed by atoms with Gasteiger partial charge in [-0.15, -0.1) is 0 Å². The second kappa shape index (κ2) is 10.1. The Labute approximate surface area is 184 Å². The predicted octanol–water partition coefficient (Wildman–Crippen LogP) is -0.417. The van der Waals surface area contributed by atoms with Gasteiger partial charge in [0.05, 0.1) is 11.4 Å². The van der Waals surface area contributed by atoms with Crippen LogP contribution in [-0.4, -0.2) is 76.4 Å². The van der Waals surface area contributed by atoms with Gasteiger partial charge in [0.2, 0.25) is 0 Å². The van der Waals surface area contributed by atoms with E-state index in [-0.39, 0.29) is 21.9 Å². The topological polar surface area (TPSA) is 220 Å². The first kappa shape index (κ1) is 26.6. The van der Waals surface area contributed by atoms with Gasteiger partial charge in [0.15, 0.2) is 15.2 Å². The van der Waals surface area contributed by atoms with Gasteiger partial charge in [-0.25, -0.2) is 8.42 Å². The number of hydrazone groups is 1. The van der Waals surface area contributed by atoms with Gasteiger partial charge in [-0.1, -0.05) is 6.07 Å². The van der Waals surface area contributed by atoms with Crippen molar-refractivity contribution in [1.29, 1.82) is 0 Å². The van der Waals surface area contributed by atoms with Gasteiger partial charge in [-0.3, -0.25) is 18.8 Å². The predicted molar refractivity (Wildman–Crippen MR) is 116 cm³/mol. The zero-order valence-electron chi connectivity index (χ0n) is 17.1. The number of nitrogens with two attached hydrogens (primary N) is 1. The number of rotatable bonds is 8. The van der Waals surface area contributed by atoms with E-state index in [4.69, 9.17) is 5.84 Å². The molecule has 1 saturated heterocycles. The Bertz CT molecular complexity index is 1050. The lowest BCUT2D eigenvalue weighted by Crippen LogP contribution is -2.38. The minimum Gasteiger partial charge on any atom is -0.324 e. The molecule has 180 valence electrons. The molecule has 1 aromatic carbocycles. The fraction of sp³-hybridized carbons (Fsp3) is 0.500. The van der Waals surface area contributed by atoms with Crippen molar-refractivity contribution < 1.29 is 41.9 Å². The monoisotopic (exact) mass is 512 g/mol. The zero-order chi connectivity index (χ0) is 24.3. The number of carbonyl (C=O) groups is 1. The summed E-state index contributed by atoms with van der Waals surface area (Å²) >= 11 is 0. The van der Waals surface area contributed by atoms with E-state index in [0.29, 0.717) is 37.2 Å². The highest BCUT2D eigenvalue weighted by atomic mass is 32.2. The third-order valence-electron chi connectivity index (χ3n) is 5.05. The molecule has 1 heterocycles. The fourth-order valence-corrected chi connectivity index (χ4v) is 6.93. The molecule has 0 unspecified atom stereocenters. The molecule has 0 aromatic heterocycles. The Morgan fingerprint density at radius 1 is 1.25 bits per heavy atom. The van der Waals surface area contributed by atoms with E-state index >= 15 is 0 Å². The van der Waals surface area contributed by atoms with E-state index in [1.54, 1.807) is 0 Å². The van der Waals surface area contributed by atoms with Crippen molar-refractivity contribution in [3.8, 4) is 0 Å². The maximum Gasteiger partial charge on any atom is 0.342 e. The minimum absolute atomic E-state index is 0.0681. The fourth-order valence-electron chi connectivity index (χ4n) is 3.59. The highest BCUT2D eigenvalue weighted by Crippen LogP contribution is 2.60. The molecular weight excluding hydrogens is 486 g/mol. The maximum atomic E-state index is 13.3. The van der Waals surface area contributed by atoms with Crippen molar-refractivity contribution >= 4 is 37.3 Å². The van der Waals surface area contributed by atoms with Gasteiger partial charge in [0.1, 0.15) is 6.34 Å². The van der Waals surface area contributed by atoms with Crippen molar-refractivity contribution in [2.75, 3.05) is 25.9 Å². The van der Waals surface area contributed by atoms with E-state index in [0.717, 1.165) is 6.26 Å². The SMILES string of the molecule is CS(=O)(=O)c1cccc(C(=O)N(C=NN)CC(P(=O)(O)O)P(=O)(O)O)c1C1CCNCC1. The Morgan fingerprint density at radius 3 is 2.28 bits per heavy atom. The minimum atomic E-state index is -5.34. The number of carbonyl (C=O) groups excluding carboxylic acids is 1. The van der Waals surface area contributed by atoms with Crippen LogP contribution in [0.3, 0.4) is 0 Å². The molecule has 7 N–H and O–H groups in total. The number of piperidine rings is 1. The summed E-state index contributed by atoms with van der Waals surface area (Å²) in [5.74, 6) is 3.84. The first-order chi connectivity index (χ1) is 14.7. The number of benzene rings is 1. The van der Waals surface area contributed by atoms with Gasteiger partial charge < -0.3 is 30.7 Å². The molecule has 0 bridgehead atoms. The highest BCUT2D eigenvalue weighted by Gasteiger charge is 2.45. The summed E-state index contributed by atoms with van der Waals surface area (Å²) in [7, 11) is -14.4. The zero-order valence-corrected chi connectivity index (χ0v) is 19.7. The smallest absolute Gasteiger partial charge is 0.324 e. The first-order valence-corrected chi connectivity index (χ1v) is 14.6. The number of amides is 1. The molecule has 1 aliphatic rings. The van der Waals surface area contributed by atoms with Crippen LogP contribution >= 0.6 is 15.2 Å². The van der Waals surface area contributed by atoms with Crippen LogP contribution in [0.15, 0.2) is 28.2 Å². The van der Waals surface area contributed by atoms with Crippen molar-refractivity contribution in [3.63, 3.8) is 0 Å². The second-order valence-corrected chi connectivity index (χ2v) is 13.4. The third-order valence-corrected chi connectivity index (χ3v) is 9.89. The van der Waals surface area contributed by atoms with Crippen LogP contribution < -0.4 is 11.2 Å². The third kappa shape index (κ3) is 6.46. The lowest BCUT2D eigenvalue weighted by Gasteiger charge is -2.29. The summed E-state index contributed by atoms with van der Waals surface area (Å²) < 4.78 is 48.2. The first-order valence-electron chi connectivity index (χ1n) is 9.36. The highest BCUT2D eigenvalue weighted by molar-refractivity contribution is 7.90. The number of nitrogens with zero attached hydrogens (tertiary/aromatic N) is 2. The van der Waals surface area contributed by atoms with Gasteiger partial charge >= 0.3 is 15.2 Å². The maximum absolute atomic E-state index is 13.3. The second-order valence-electron chi connectivity index (χ2n) is 7.39. The summed E-state index contributed by atoms with van der Waals surface area (Å²) in [5.41, 5.74) is 0.149. The number of nitrogens with one attached hydrogen (secondary N) is 1. The summed E-state index contributed by atoms with van der Waals surface area (Å²) in [4.78, 5) is 51.5. The molecule has 0 aliphatic carbocycles. The van der Waals surface area contributed by atoms with Gasteiger partial charge in [0, 0.05) is 11.8 Å². The molecular formula is C16H26N4O9P2S. The van der Waals surface area contributed by atoms with E-state index in [1.807, 2.05) is 0 Å². The molecule has 16 heteroatoms. The standard InChI is InChI=1S/C16H26N4O9P2S/c1-32(28,29)13-4-2-3-12(15(13)11-5-7-18-8-6-11)16(21)20(10-19-17)9-14(30(22,23)24)31(25,26)27/h2-4,10-11,14,18H,5-9,17H2,1H3,(H2,22,23,24)(H2,25,26,27). The molecule has 1 aliphatic heterocycles. The normalized spacial score (nSPS) is 16.6. The molecule has 1 amide bonds. The van der Waals surface area contributed by atoms with Crippen LogP contribution in [0.4, 0.5) is 0 Å². The Morgan fingerprint density at radius 2 is 1.81 bits per heavy atom. The van der Waals surface area contributed by atoms with Gasteiger partial charge in [-0.05, 0) is 49.5 Å². The van der Waals surface area contributed by atoms with Crippen molar-refractivity contribution in [2.45, 2.75) is 29.1 Å². The number of hydrogen-bond acceptors (Lipinski definition) is 8. The van der Waals surface area contributed by atoms with Gasteiger partial charge in [-0.2, -0.15) is 5.10 Å². The van der Waals surface area contributed by atoms with E-state index < -0.39 is 42.9 Å². The van der Waals surface area contributed by atoms with Crippen molar-refractivity contribution in [1.82, 2.24) is 10.2 Å².